The number of anilines is 1. The molecule has 0 aliphatic carbocycles. The quantitative estimate of drug-likeness (QED) is 0.503. The molecule has 26 heavy (non-hydrogen) atoms. The van der Waals surface area contributed by atoms with E-state index in [4.69, 9.17) is 39.5 Å². The molecule has 132 valence electrons. The van der Waals surface area contributed by atoms with Gasteiger partial charge < -0.3 is 10.1 Å². The second kappa shape index (κ2) is 8.45. The first kappa shape index (κ1) is 18.6. The highest BCUT2D eigenvalue weighted by Gasteiger charge is 2.10. The summed E-state index contributed by atoms with van der Waals surface area (Å²) in [6.07, 6.45) is 0. The minimum atomic E-state index is -0.306. The molecule has 1 N–H and O–H groups in total. The number of hydrogen-bond donors (Lipinski definition) is 1. The molecular weight excluding hydrogens is 393 g/mol. The van der Waals surface area contributed by atoms with Crippen molar-refractivity contribution in [1.82, 2.24) is 0 Å². The number of nitrogens with one attached hydrogen (secondary N) is 1. The van der Waals surface area contributed by atoms with Gasteiger partial charge in [0.2, 0.25) is 0 Å². The molecule has 0 aromatic heterocycles. The van der Waals surface area contributed by atoms with E-state index in [1.54, 1.807) is 0 Å². The van der Waals surface area contributed by atoms with Crippen LogP contribution in [0.5, 0.6) is 5.75 Å². The van der Waals surface area contributed by atoms with Gasteiger partial charge in [0.05, 0.1) is 15.1 Å². The Labute approximate surface area is 166 Å². The van der Waals surface area contributed by atoms with E-state index in [2.05, 4.69) is 5.32 Å². The molecule has 0 aliphatic rings. The summed E-state index contributed by atoms with van der Waals surface area (Å²) >= 11 is 17.8. The lowest BCUT2D eigenvalue weighted by Crippen LogP contribution is -2.20. The summed E-state index contributed by atoms with van der Waals surface area (Å²) in [6.45, 7) is -0.196. The van der Waals surface area contributed by atoms with E-state index in [1.165, 1.54) is 12.1 Å². The van der Waals surface area contributed by atoms with E-state index >= 15 is 0 Å². The number of carbonyl (C=O) groups excluding carboxylic acids is 1. The highest BCUT2D eigenvalue weighted by atomic mass is 35.5. The normalized spacial score (nSPS) is 10.4. The van der Waals surface area contributed by atoms with E-state index in [0.717, 1.165) is 11.1 Å². The smallest absolute Gasteiger partial charge is 0.262 e. The molecule has 3 rings (SSSR count). The Morgan fingerprint density at radius 1 is 0.808 bits per heavy atom. The van der Waals surface area contributed by atoms with Gasteiger partial charge in [0, 0.05) is 11.8 Å². The van der Waals surface area contributed by atoms with Crippen LogP contribution in [0, 0.1) is 0 Å². The number of hydrogen-bond acceptors (Lipinski definition) is 2. The molecule has 0 bridgehead atoms. The van der Waals surface area contributed by atoms with Gasteiger partial charge in [-0.2, -0.15) is 0 Å². The maximum atomic E-state index is 12.1. The van der Waals surface area contributed by atoms with Gasteiger partial charge in [-0.05, 0) is 29.3 Å². The van der Waals surface area contributed by atoms with Crippen LogP contribution < -0.4 is 10.1 Å². The van der Waals surface area contributed by atoms with Gasteiger partial charge in [0.15, 0.2) is 6.61 Å². The maximum Gasteiger partial charge on any atom is 0.262 e. The van der Waals surface area contributed by atoms with Crippen molar-refractivity contribution in [2.24, 2.45) is 0 Å². The number of carbonyl (C=O) groups is 1. The number of halogens is 3. The molecule has 0 saturated heterocycles. The molecule has 3 aromatic carbocycles. The molecule has 6 heteroatoms. The molecule has 0 spiro atoms. The van der Waals surface area contributed by atoms with Gasteiger partial charge in [-0.1, -0.05) is 77.3 Å². The average molecular weight is 407 g/mol. The monoisotopic (exact) mass is 405 g/mol. The van der Waals surface area contributed by atoms with Crippen molar-refractivity contribution in [3.8, 4) is 16.9 Å². The molecule has 0 unspecified atom stereocenters. The highest BCUT2D eigenvalue weighted by molar-refractivity contribution is 6.43. The van der Waals surface area contributed by atoms with Crippen LogP contribution in [0.4, 0.5) is 5.69 Å². The lowest BCUT2D eigenvalue weighted by molar-refractivity contribution is -0.118. The third kappa shape index (κ3) is 4.70. The van der Waals surface area contributed by atoms with Crippen molar-refractivity contribution in [2.75, 3.05) is 11.9 Å². The summed E-state index contributed by atoms with van der Waals surface area (Å²) in [7, 11) is 0. The fraction of sp³-hybridized carbons (Fsp3) is 0.0500. The van der Waals surface area contributed by atoms with Crippen LogP contribution in [0.2, 0.25) is 15.1 Å². The molecule has 0 aliphatic heterocycles. The van der Waals surface area contributed by atoms with E-state index < -0.39 is 0 Å². The van der Waals surface area contributed by atoms with Crippen molar-refractivity contribution in [2.45, 2.75) is 0 Å². The molecule has 0 saturated carbocycles. The third-order valence-corrected chi connectivity index (χ3v) is 4.63. The largest absolute Gasteiger partial charge is 0.482 e. The van der Waals surface area contributed by atoms with Gasteiger partial charge in [0.25, 0.3) is 5.91 Å². The van der Waals surface area contributed by atoms with E-state index in [0.29, 0.717) is 26.5 Å². The molecule has 0 radical (unpaired) electrons. The van der Waals surface area contributed by atoms with Gasteiger partial charge in [0.1, 0.15) is 5.75 Å². The lowest BCUT2D eigenvalue weighted by Gasteiger charge is -2.10. The maximum absolute atomic E-state index is 12.1. The predicted octanol–water partition coefficient (Wildman–Crippen LogP) is 6.33. The standard InChI is InChI=1S/C20H14Cl3NO2/c21-16-10-18(23)19(11-17(16)22)26-12-20(25)24-15-8-6-14(7-9-15)13-4-2-1-3-5-13/h1-11H,12H2,(H,24,25). The summed E-state index contributed by atoms with van der Waals surface area (Å²) in [5, 5.41) is 3.70. The van der Waals surface area contributed by atoms with Gasteiger partial charge >= 0.3 is 0 Å². The van der Waals surface area contributed by atoms with Gasteiger partial charge in [-0.15, -0.1) is 0 Å². The Morgan fingerprint density at radius 2 is 1.42 bits per heavy atom. The molecule has 0 heterocycles. The van der Waals surface area contributed by atoms with Crippen LogP contribution >= 0.6 is 34.8 Å². The fourth-order valence-corrected chi connectivity index (χ4v) is 2.92. The second-order valence-electron chi connectivity index (χ2n) is 5.48. The van der Waals surface area contributed by atoms with Crippen molar-refractivity contribution in [1.29, 1.82) is 0 Å². The molecule has 1 amide bonds. The van der Waals surface area contributed by atoms with Crippen LogP contribution in [-0.2, 0) is 4.79 Å². The van der Waals surface area contributed by atoms with Crippen molar-refractivity contribution in [3.63, 3.8) is 0 Å². The Bertz CT molecular complexity index is 912. The van der Waals surface area contributed by atoms with Crippen LogP contribution in [-0.4, -0.2) is 12.5 Å². The molecule has 0 atom stereocenters. The summed E-state index contributed by atoms with van der Waals surface area (Å²) in [4.78, 5) is 12.1. The second-order valence-corrected chi connectivity index (χ2v) is 6.70. The molecule has 3 aromatic rings. The van der Waals surface area contributed by atoms with Crippen molar-refractivity contribution < 1.29 is 9.53 Å². The first-order chi connectivity index (χ1) is 12.5. The lowest BCUT2D eigenvalue weighted by atomic mass is 10.1. The van der Waals surface area contributed by atoms with Crippen LogP contribution in [0.1, 0.15) is 0 Å². The summed E-state index contributed by atoms with van der Waals surface area (Å²) in [5.41, 5.74) is 2.86. The molecule has 0 fully saturated rings. The zero-order valence-electron chi connectivity index (χ0n) is 13.5. The number of ether oxygens (including phenoxy) is 1. The van der Waals surface area contributed by atoms with Gasteiger partial charge in [-0.25, -0.2) is 0 Å². The average Bonchev–Trinajstić information content (AvgIpc) is 2.65. The topological polar surface area (TPSA) is 38.3 Å². The van der Waals surface area contributed by atoms with E-state index in [9.17, 15) is 4.79 Å². The molecule has 3 nitrogen and oxygen atoms in total. The first-order valence-corrected chi connectivity index (χ1v) is 8.89. The predicted molar refractivity (Wildman–Crippen MR) is 107 cm³/mol. The molecular formula is C20H14Cl3NO2. The van der Waals surface area contributed by atoms with Gasteiger partial charge in [-0.3, -0.25) is 4.79 Å². The number of rotatable bonds is 5. The number of amides is 1. The fourth-order valence-electron chi connectivity index (χ4n) is 2.33. The minimum Gasteiger partial charge on any atom is -0.482 e. The zero-order chi connectivity index (χ0) is 18.5. The summed E-state index contributed by atoms with van der Waals surface area (Å²) in [5.74, 6) is -0.00441. The number of benzene rings is 3. The Balaban J connectivity index is 1.59. The first-order valence-electron chi connectivity index (χ1n) is 7.75. The summed E-state index contributed by atoms with van der Waals surface area (Å²) in [6, 6.07) is 20.5. The third-order valence-electron chi connectivity index (χ3n) is 3.61. The Kier molecular flexibility index (Phi) is 6.04. The van der Waals surface area contributed by atoms with Crippen molar-refractivity contribution in [3.05, 3.63) is 81.8 Å². The highest BCUT2D eigenvalue weighted by Crippen LogP contribution is 2.33. The van der Waals surface area contributed by atoms with Crippen LogP contribution in [0.25, 0.3) is 11.1 Å². The zero-order valence-corrected chi connectivity index (χ0v) is 15.8. The summed E-state index contributed by atoms with van der Waals surface area (Å²) < 4.78 is 5.41. The van der Waals surface area contributed by atoms with E-state index in [1.807, 2.05) is 54.6 Å². The van der Waals surface area contributed by atoms with Crippen molar-refractivity contribution >= 4 is 46.4 Å². The Morgan fingerprint density at radius 3 is 2.12 bits per heavy atom. The Hall–Kier alpha value is -2.20. The van der Waals surface area contributed by atoms with E-state index in [-0.39, 0.29) is 12.5 Å². The van der Waals surface area contributed by atoms with Crippen LogP contribution in [0.15, 0.2) is 66.7 Å². The minimum absolute atomic E-state index is 0.196. The van der Waals surface area contributed by atoms with Crippen LogP contribution in [0.3, 0.4) is 0 Å². The SMILES string of the molecule is O=C(COc1cc(Cl)c(Cl)cc1Cl)Nc1ccc(-c2ccccc2)cc1.